The van der Waals surface area contributed by atoms with E-state index in [1.165, 1.54) is 0 Å². The van der Waals surface area contributed by atoms with Crippen LogP contribution in [0.2, 0.25) is 0 Å². The average molecular weight is 529 g/mol. The molecule has 3 aliphatic heterocycles. The molecule has 1 amide bonds. The summed E-state index contributed by atoms with van der Waals surface area (Å²) in [5.41, 5.74) is 6.36. The highest BCUT2D eigenvalue weighted by Gasteiger charge is 2.40. The lowest BCUT2D eigenvalue weighted by atomic mass is 9.85. The van der Waals surface area contributed by atoms with Crippen molar-refractivity contribution in [1.29, 1.82) is 0 Å². The van der Waals surface area contributed by atoms with E-state index in [-0.39, 0.29) is 17.9 Å². The topological polar surface area (TPSA) is 108 Å². The molecular formula is C26H36N6O4S. The highest BCUT2D eigenvalue weighted by molar-refractivity contribution is 7.89. The summed E-state index contributed by atoms with van der Waals surface area (Å²) in [6.45, 7) is 8.55. The third kappa shape index (κ3) is 5.22. The Balaban J connectivity index is 1.38. The molecule has 0 saturated carbocycles. The van der Waals surface area contributed by atoms with Crippen molar-refractivity contribution < 1.29 is 17.9 Å². The summed E-state index contributed by atoms with van der Waals surface area (Å²) in [7, 11) is -3.27. The molecule has 1 aromatic heterocycles. The van der Waals surface area contributed by atoms with Crippen molar-refractivity contribution in [2.75, 3.05) is 49.7 Å². The molecule has 0 radical (unpaired) electrons. The van der Waals surface area contributed by atoms with Crippen LogP contribution in [0.4, 0.5) is 11.8 Å². The van der Waals surface area contributed by atoms with Gasteiger partial charge in [0.2, 0.25) is 21.9 Å². The molecule has 2 fully saturated rings. The van der Waals surface area contributed by atoms with Gasteiger partial charge in [0.05, 0.1) is 11.2 Å². The second-order valence-corrected chi connectivity index (χ2v) is 12.8. The first-order valence-electron chi connectivity index (χ1n) is 13.1. The zero-order valence-corrected chi connectivity index (χ0v) is 22.6. The summed E-state index contributed by atoms with van der Waals surface area (Å²) in [4.78, 5) is 25.3. The smallest absolute Gasteiger partial charge is 0.239 e. The summed E-state index contributed by atoms with van der Waals surface area (Å²) >= 11 is 0. The van der Waals surface area contributed by atoms with Crippen molar-refractivity contribution in [2.24, 2.45) is 0 Å². The Morgan fingerprint density at radius 2 is 1.78 bits per heavy atom. The van der Waals surface area contributed by atoms with Gasteiger partial charge in [0.25, 0.3) is 0 Å². The van der Waals surface area contributed by atoms with E-state index in [1.54, 1.807) is 18.2 Å². The van der Waals surface area contributed by atoms with E-state index in [4.69, 9.17) is 9.72 Å². The average Bonchev–Trinajstić information content (AvgIpc) is 2.89. The number of nitrogens with zero attached hydrogens (tertiary/aromatic N) is 5. The molecule has 4 heterocycles. The first kappa shape index (κ1) is 26.0. The zero-order valence-electron chi connectivity index (χ0n) is 21.8. The fraction of sp³-hybridized carbons (Fsp3) is 0.577. The van der Waals surface area contributed by atoms with Crippen LogP contribution in [-0.2, 0) is 26.0 Å². The first-order chi connectivity index (χ1) is 17.8. The van der Waals surface area contributed by atoms with E-state index >= 15 is 0 Å². The van der Waals surface area contributed by atoms with Gasteiger partial charge in [-0.2, -0.15) is 9.29 Å². The number of rotatable bonds is 6. The highest BCUT2D eigenvalue weighted by Crippen LogP contribution is 2.38. The van der Waals surface area contributed by atoms with Gasteiger partial charge in [-0.05, 0) is 51.2 Å². The van der Waals surface area contributed by atoms with Crippen molar-refractivity contribution >= 4 is 27.7 Å². The first-order valence-corrected chi connectivity index (χ1v) is 14.6. The highest BCUT2D eigenvalue weighted by atomic mass is 32.2. The fourth-order valence-corrected chi connectivity index (χ4v) is 6.66. The van der Waals surface area contributed by atoms with E-state index in [1.807, 2.05) is 47.3 Å². The minimum Gasteiger partial charge on any atom is -0.381 e. The number of piperazine rings is 1. The van der Waals surface area contributed by atoms with E-state index < -0.39 is 15.3 Å². The summed E-state index contributed by atoms with van der Waals surface area (Å²) in [5.74, 6) is 0.888. The van der Waals surface area contributed by atoms with Gasteiger partial charge in [-0.3, -0.25) is 15.1 Å². The van der Waals surface area contributed by atoms with Crippen LogP contribution >= 0.6 is 0 Å². The molecule has 0 spiro atoms. The maximum absolute atomic E-state index is 14.0. The number of hydrazine groups is 1. The molecule has 0 aliphatic carbocycles. The van der Waals surface area contributed by atoms with Gasteiger partial charge in [0.15, 0.2) is 0 Å². The predicted octanol–water partition coefficient (Wildman–Crippen LogP) is 2.32. The van der Waals surface area contributed by atoms with Gasteiger partial charge in [0.1, 0.15) is 5.82 Å². The van der Waals surface area contributed by atoms with Crippen LogP contribution in [0.25, 0.3) is 0 Å². The van der Waals surface area contributed by atoms with Gasteiger partial charge < -0.3 is 4.74 Å². The molecule has 200 valence electrons. The summed E-state index contributed by atoms with van der Waals surface area (Å²) in [5, 5.41) is 1.50. The van der Waals surface area contributed by atoms with Gasteiger partial charge in [-0.15, -0.1) is 0 Å². The Labute approximate surface area is 219 Å². The molecular weight excluding hydrogens is 492 g/mol. The maximum atomic E-state index is 14.0. The second-order valence-electron chi connectivity index (χ2n) is 10.3. The number of sulfonamides is 1. The van der Waals surface area contributed by atoms with Crippen LogP contribution in [0, 0.1) is 6.92 Å². The maximum Gasteiger partial charge on any atom is 0.239 e. The molecule has 1 aromatic carbocycles. The Hall–Kier alpha value is -2.60. The Kier molecular flexibility index (Phi) is 7.49. The number of aryl methyl sites for hydroxylation is 1. The van der Waals surface area contributed by atoms with Crippen molar-refractivity contribution in [3.8, 4) is 0 Å². The normalized spacial score (nSPS) is 22.3. The minimum atomic E-state index is -3.27. The summed E-state index contributed by atoms with van der Waals surface area (Å²) in [6.07, 6.45) is 3.92. The van der Waals surface area contributed by atoms with Crippen molar-refractivity contribution in [3.05, 3.63) is 47.2 Å². The molecule has 0 bridgehead atoms. The number of carbonyl (C=O) groups excluding carboxylic acids is 1. The fourth-order valence-electron chi connectivity index (χ4n) is 5.39. The number of carbonyl (C=O) groups is 1. The molecule has 3 aliphatic rings. The Morgan fingerprint density at radius 1 is 1.08 bits per heavy atom. The summed E-state index contributed by atoms with van der Waals surface area (Å²) < 4.78 is 32.1. The predicted molar refractivity (Wildman–Crippen MR) is 142 cm³/mol. The number of hydrogen-bond donors (Lipinski definition) is 1. The minimum absolute atomic E-state index is 0.0272. The molecule has 1 atom stereocenters. The van der Waals surface area contributed by atoms with Crippen LogP contribution in [0.5, 0.6) is 0 Å². The van der Waals surface area contributed by atoms with Crippen LogP contribution in [0.15, 0.2) is 30.5 Å². The molecule has 1 unspecified atom stereocenters. The zero-order chi connectivity index (χ0) is 26.2. The number of aromatic nitrogens is 2. The van der Waals surface area contributed by atoms with E-state index in [2.05, 4.69) is 10.4 Å². The monoisotopic (exact) mass is 528 g/mol. The largest absolute Gasteiger partial charge is 0.381 e. The third-order valence-corrected chi connectivity index (χ3v) is 9.88. The molecule has 2 saturated heterocycles. The molecule has 2 aromatic rings. The van der Waals surface area contributed by atoms with Crippen molar-refractivity contribution in [3.63, 3.8) is 0 Å². The molecule has 5 rings (SSSR count). The number of benzene rings is 1. The number of amides is 1. The van der Waals surface area contributed by atoms with Gasteiger partial charge in [0, 0.05) is 57.2 Å². The summed E-state index contributed by atoms with van der Waals surface area (Å²) in [6, 6.07) is 8.10. The van der Waals surface area contributed by atoms with Gasteiger partial charge in [-0.25, -0.2) is 18.4 Å². The lowest BCUT2D eigenvalue weighted by Crippen LogP contribution is -2.52. The molecule has 37 heavy (non-hydrogen) atoms. The number of nitrogens with one attached hydrogen (secondary N) is 1. The van der Waals surface area contributed by atoms with Gasteiger partial charge in [-0.1, -0.05) is 24.3 Å². The van der Waals surface area contributed by atoms with E-state index in [0.717, 1.165) is 29.5 Å². The van der Waals surface area contributed by atoms with Crippen LogP contribution in [0.1, 0.15) is 49.3 Å². The molecule has 1 N–H and O–H groups in total. The van der Waals surface area contributed by atoms with Crippen LogP contribution in [0.3, 0.4) is 0 Å². The standard InChI is InChI=1S/C26H36N6O4S/c1-18(2)37(34,35)31-12-10-30(11-13-31)29-26-27-17-20-16-23(22-7-5-4-6-19(22)3)25(33)32(24(20)28-26)21-8-14-36-15-9-21/h4-7,17-18,21,23H,8-16H2,1-3H3,(H,27,28,29). The number of hydrogen-bond acceptors (Lipinski definition) is 8. The van der Waals surface area contributed by atoms with Crippen molar-refractivity contribution in [1.82, 2.24) is 19.3 Å². The third-order valence-electron chi connectivity index (χ3n) is 7.60. The van der Waals surface area contributed by atoms with E-state index in [0.29, 0.717) is 57.6 Å². The quantitative estimate of drug-likeness (QED) is 0.609. The number of anilines is 2. The second kappa shape index (κ2) is 10.6. The van der Waals surface area contributed by atoms with Crippen LogP contribution in [-0.4, -0.2) is 84.3 Å². The Bertz CT molecular complexity index is 1240. The lowest BCUT2D eigenvalue weighted by Gasteiger charge is -2.40. The number of ether oxygens (including phenoxy) is 1. The molecule has 10 nitrogen and oxygen atoms in total. The number of fused-ring (bicyclic) bond motifs is 1. The van der Waals surface area contributed by atoms with Gasteiger partial charge >= 0.3 is 0 Å². The Morgan fingerprint density at radius 3 is 2.46 bits per heavy atom. The van der Waals surface area contributed by atoms with E-state index in [9.17, 15) is 13.2 Å². The lowest BCUT2D eigenvalue weighted by molar-refractivity contribution is -0.121. The van der Waals surface area contributed by atoms with Crippen molar-refractivity contribution in [2.45, 2.75) is 57.2 Å². The van der Waals surface area contributed by atoms with Crippen LogP contribution < -0.4 is 10.3 Å². The molecule has 11 heteroatoms. The SMILES string of the molecule is Cc1ccccc1C1Cc2cnc(NN3CCN(S(=O)(=O)C(C)C)CC3)nc2N(C2CCOCC2)C1=O.